The second-order valence-electron chi connectivity index (χ2n) is 5.69. The lowest BCUT2D eigenvalue weighted by atomic mass is 9.99. The Hall–Kier alpha value is -2.50. The molecule has 1 aliphatic heterocycles. The first-order valence-corrected chi connectivity index (χ1v) is 6.57. The zero-order valence-corrected chi connectivity index (χ0v) is 12.7. The molecule has 1 aliphatic rings. The summed E-state index contributed by atoms with van der Waals surface area (Å²) in [5, 5.41) is 0. The van der Waals surface area contributed by atoms with Gasteiger partial charge in [-0.3, -0.25) is 4.79 Å². The second kappa shape index (κ2) is 5.12. The molecule has 21 heavy (non-hydrogen) atoms. The van der Waals surface area contributed by atoms with Gasteiger partial charge in [-0.25, -0.2) is 0 Å². The molecule has 1 aromatic carbocycles. The largest absolute Gasteiger partial charge is 0.481 e. The molecular weight excluding hydrogens is 268 g/mol. The zero-order chi connectivity index (χ0) is 15.8. The quantitative estimate of drug-likeness (QED) is 0.633. The van der Waals surface area contributed by atoms with E-state index in [-0.39, 0.29) is 11.6 Å². The van der Waals surface area contributed by atoms with Gasteiger partial charge in [-0.2, -0.15) is 4.99 Å². The molecule has 0 saturated heterocycles. The highest BCUT2D eigenvalue weighted by atomic mass is 16.5. The molecular formula is C15H20N4O2. The van der Waals surface area contributed by atoms with Crippen molar-refractivity contribution in [2.75, 3.05) is 19.0 Å². The van der Waals surface area contributed by atoms with Gasteiger partial charge >= 0.3 is 0 Å². The van der Waals surface area contributed by atoms with Crippen molar-refractivity contribution < 1.29 is 9.53 Å². The summed E-state index contributed by atoms with van der Waals surface area (Å²) in [6.45, 7) is 3.95. The molecule has 0 spiro atoms. The predicted octanol–water partition coefficient (Wildman–Crippen LogP) is 1.35. The summed E-state index contributed by atoms with van der Waals surface area (Å²) in [5.41, 5.74) is 12.2. The third kappa shape index (κ3) is 3.16. The predicted molar refractivity (Wildman–Crippen MR) is 84.7 cm³/mol. The van der Waals surface area contributed by atoms with Crippen molar-refractivity contribution in [1.29, 1.82) is 0 Å². The Labute approximate surface area is 124 Å². The van der Waals surface area contributed by atoms with E-state index in [1.807, 2.05) is 45.0 Å². The molecule has 112 valence electrons. The Morgan fingerprint density at radius 3 is 2.52 bits per heavy atom. The van der Waals surface area contributed by atoms with Crippen LogP contribution in [0.1, 0.15) is 29.8 Å². The van der Waals surface area contributed by atoms with Crippen molar-refractivity contribution in [3.05, 3.63) is 29.3 Å². The summed E-state index contributed by atoms with van der Waals surface area (Å²) in [4.78, 5) is 17.5. The molecule has 0 saturated carbocycles. The Kier molecular flexibility index (Phi) is 3.63. The molecule has 2 rings (SSSR count). The molecule has 1 aromatic rings. The van der Waals surface area contributed by atoms with Crippen LogP contribution in [0.3, 0.4) is 0 Å². The van der Waals surface area contributed by atoms with Crippen molar-refractivity contribution in [2.45, 2.75) is 19.4 Å². The minimum absolute atomic E-state index is 0.253. The van der Waals surface area contributed by atoms with Crippen molar-refractivity contribution in [3.8, 4) is 5.75 Å². The number of rotatable bonds is 2. The van der Waals surface area contributed by atoms with E-state index in [4.69, 9.17) is 16.2 Å². The molecule has 4 N–H and O–H groups in total. The first-order chi connectivity index (χ1) is 9.69. The number of hydrogen-bond donors (Lipinski definition) is 2. The molecule has 0 aliphatic carbocycles. The van der Waals surface area contributed by atoms with Crippen molar-refractivity contribution >= 4 is 23.6 Å². The SMILES string of the molecule is CN(C)c1cc(C(=O)N=C(N)N)cc2c1OC(C)(C)C=C2. The van der Waals surface area contributed by atoms with Gasteiger partial charge in [0.05, 0.1) is 5.69 Å². The lowest BCUT2D eigenvalue weighted by Crippen LogP contribution is -2.29. The molecule has 0 bridgehead atoms. The molecule has 6 nitrogen and oxygen atoms in total. The Bertz CT molecular complexity index is 641. The summed E-state index contributed by atoms with van der Waals surface area (Å²) in [7, 11) is 3.78. The maximum Gasteiger partial charge on any atom is 0.280 e. The number of guanidine groups is 1. The van der Waals surface area contributed by atoms with E-state index in [0.717, 1.165) is 17.0 Å². The molecule has 0 radical (unpaired) electrons. The highest BCUT2D eigenvalue weighted by Crippen LogP contribution is 2.39. The normalized spacial score (nSPS) is 14.9. The maximum absolute atomic E-state index is 12.0. The van der Waals surface area contributed by atoms with E-state index in [9.17, 15) is 4.79 Å². The number of carbonyl (C=O) groups excluding carboxylic acids is 1. The van der Waals surface area contributed by atoms with Crippen LogP contribution in [0.4, 0.5) is 5.69 Å². The minimum Gasteiger partial charge on any atom is -0.481 e. The Morgan fingerprint density at radius 2 is 1.95 bits per heavy atom. The lowest BCUT2D eigenvalue weighted by Gasteiger charge is -2.31. The first kappa shape index (κ1) is 14.9. The zero-order valence-electron chi connectivity index (χ0n) is 12.7. The molecule has 0 unspecified atom stereocenters. The number of ether oxygens (including phenoxy) is 1. The standard InChI is InChI=1S/C15H20N4O2/c1-15(2)6-5-9-7-10(13(20)18-14(16)17)8-11(19(3)4)12(9)21-15/h5-8H,1-4H3,(H4,16,17,18,20). The van der Waals surface area contributed by atoms with Gasteiger partial charge in [0.1, 0.15) is 5.60 Å². The fraction of sp³-hybridized carbons (Fsp3) is 0.333. The van der Waals surface area contributed by atoms with Crippen LogP contribution in [0.15, 0.2) is 23.2 Å². The summed E-state index contributed by atoms with van der Waals surface area (Å²) < 4.78 is 6.00. The van der Waals surface area contributed by atoms with Crippen molar-refractivity contribution in [3.63, 3.8) is 0 Å². The van der Waals surface area contributed by atoms with Gasteiger partial charge in [0.15, 0.2) is 11.7 Å². The van der Waals surface area contributed by atoms with E-state index in [0.29, 0.717) is 5.56 Å². The van der Waals surface area contributed by atoms with Gasteiger partial charge in [-0.1, -0.05) is 6.08 Å². The van der Waals surface area contributed by atoms with Gasteiger partial charge in [0, 0.05) is 25.2 Å². The number of nitrogens with two attached hydrogens (primary N) is 2. The van der Waals surface area contributed by atoms with Crippen LogP contribution >= 0.6 is 0 Å². The summed E-state index contributed by atoms with van der Waals surface area (Å²) >= 11 is 0. The minimum atomic E-state index is -0.473. The molecule has 0 fully saturated rings. The van der Waals surface area contributed by atoms with Crippen LogP contribution in [0, 0.1) is 0 Å². The van der Waals surface area contributed by atoms with Crippen molar-refractivity contribution in [2.24, 2.45) is 16.5 Å². The first-order valence-electron chi connectivity index (χ1n) is 6.57. The molecule has 6 heteroatoms. The molecule has 0 atom stereocenters. The van der Waals surface area contributed by atoms with Gasteiger partial charge in [0.25, 0.3) is 5.91 Å². The number of fused-ring (bicyclic) bond motifs is 1. The number of benzene rings is 1. The van der Waals surface area contributed by atoms with Gasteiger partial charge in [0.2, 0.25) is 0 Å². The highest BCUT2D eigenvalue weighted by molar-refractivity contribution is 6.03. The molecule has 1 heterocycles. The van der Waals surface area contributed by atoms with Crippen LogP contribution in [0.5, 0.6) is 5.75 Å². The number of nitrogens with zero attached hydrogens (tertiary/aromatic N) is 2. The number of carbonyl (C=O) groups is 1. The Balaban J connectivity index is 2.57. The topological polar surface area (TPSA) is 93.9 Å². The van der Waals surface area contributed by atoms with E-state index in [2.05, 4.69) is 4.99 Å². The number of hydrogen-bond acceptors (Lipinski definition) is 3. The highest BCUT2D eigenvalue weighted by Gasteiger charge is 2.26. The number of amides is 1. The third-order valence-corrected chi connectivity index (χ3v) is 3.09. The average molecular weight is 288 g/mol. The Morgan fingerprint density at radius 1 is 1.29 bits per heavy atom. The smallest absolute Gasteiger partial charge is 0.280 e. The van der Waals surface area contributed by atoms with Gasteiger partial charge in [-0.05, 0) is 32.1 Å². The van der Waals surface area contributed by atoms with Crippen LogP contribution in [-0.4, -0.2) is 31.6 Å². The van der Waals surface area contributed by atoms with Crippen LogP contribution in [0.2, 0.25) is 0 Å². The average Bonchev–Trinajstić information content (AvgIpc) is 2.35. The summed E-state index contributed by atoms with van der Waals surface area (Å²) in [5.74, 6) is 0.0185. The fourth-order valence-corrected chi connectivity index (χ4v) is 2.10. The lowest BCUT2D eigenvalue weighted by molar-refractivity contribution is 0.100. The number of aliphatic imine (C=N–C) groups is 1. The summed E-state index contributed by atoms with van der Waals surface area (Å²) in [6, 6.07) is 3.45. The molecule has 0 aromatic heterocycles. The van der Waals surface area contributed by atoms with E-state index < -0.39 is 5.91 Å². The second-order valence-corrected chi connectivity index (χ2v) is 5.69. The van der Waals surface area contributed by atoms with Crippen LogP contribution < -0.4 is 21.1 Å². The van der Waals surface area contributed by atoms with Crippen LogP contribution in [-0.2, 0) is 0 Å². The van der Waals surface area contributed by atoms with Gasteiger partial charge < -0.3 is 21.1 Å². The van der Waals surface area contributed by atoms with E-state index in [1.165, 1.54) is 0 Å². The van der Waals surface area contributed by atoms with Gasteiger partial charge in [-0.15, -0.1) is 0 Å². The van der Waals surface area contributed by atoms with Crippen LogP contribution in [0.25, 0.3) is 6.08 Å². The maximum atomic E-state index is 12.0. The molecule has 1 amide bonds. The fourth-order valence-electron chi connectivity index (χ4n) is 2.10. The monoisotopic (exact) mass is 288 g/mol. The van der Waals surface area contributed by atoms with E-state index >= 15 is 0 Å². The number of anilines is 1. The van der Waals surface area contributed by atoms with E-state index in [1.54, 1.807) is 12.1 Å². The third-order valence-electron chi connectivity index (χ3n) is 3.09. The van der Waals surface area contributed by atoms with Crippen molar-refractivity contribution in [1.82, 2.24) is 0 Å². The summed E-state index contributed by atoms with van der Waals surface area (Å²) in [6.07, 6.45) is 3.89.